The van der Waals surface area contributed by atoms with E-state index in [1.807, 2.05) is 0 Å². The summed E-state index contributed by atoms with van der Waals surface area (Å²) in [7, 11) is 0. The summed E-state index contributed by atoms with van der Waals surface area (Å²) in [5.41, 5.74) is 0.729. The SMILES string of the molecule is O=C(Oc1ccccc1)SCc1cc(CO)c(CO)cc1[N+](=O)[O-]. The lowest BCUT2D eigenvalue weighted by Crippen LogP contribution is -2.04. The number of nitro benzene ring substituents is 1. The number of nitrogens with zero attached hydrogens (tertiary/aromatic N) is 1. The molecule has 0 aromatic heterocycles. The minimum atomic E-state index is -0.590. The molecule has 0 saturated heterocycles. The molecule has 0 aliphatic rings. The highest BCUT2D eigenvalue weighted by molar-refractivity contribution is 8.12. The molecule has 0 unspecified atom stereocenters. The van der Waals surface area contributed by atoms with Gasteiger partial charge in [0.15, 0.2) is 0 Å². The Morgan fingerprint density at radius 2 is 1.71 bits per heavy atom. The molecule has 126 valence electrons. The van der Waals surface area contributed by atoms with Gasteiger partial charge in [0.05, 0.1) is 18.1 Å². The molecule has 2 N–H and O–H groups in total. The van der Waals surface area contributed by atoms with Crippen LogP contribution in [0.4, 0.5) is 10.5 Å². The van der Waals surface area contributed by atoms with E-state index in [-0.39, 0.29) is 29.2 Å². The van der Waals surface area contributed by atoms with Crippen molar-refractivity contribution in [2.45, 2.75) is 19.0 Å². The van der Waals surface area contributed by atoms with Crippen molar-refractivity contribution in [3.8, 4) is 5.75 Å². The van der Waals surface area contributed by atoms with Crippen LogP contribution in [0.5, 0.6) is 5.75 Å². The fraction of sp³-hybridized carbons (Fsp3) is 0.188. The summed E-state index contributed by atoms with van der Waals surface area (Å²) in [4.78, 5) is 22.4. The number of aliphatic hydroxyl groups is 2. The normalized spacial score (nSPS) is 10.4. The summed E-state index contributed by atoms with van der Waals surface area (Å²) >= 11 is 0.779. The lowest BCUT2D eigenvalue weighted by atomic mass is 10.0. The Hall–Kier alpha value is -2.42. The van der Waals surface area contributed by atoms with Gasteiger partial charge in [-0.1, -0.05) is 18.2 Å². The van der Waals surface area contributed by atoms with Crippen LogP contribution < -0.4 is 4.74 Å². The molecule has 0 atom stereocenters. The molecule has 0 saturated carbocycles. The van der Waals surface area contributed by atoms with Gasteiger partial charge in [-0.05, 0) is 41.1 Å². The van der Waals surface area contributed by atoms with Crippen molar-refractivity contribution in [2.75, 3.05) is 0 Å². The van der Waals surface area contributed by atoms with Crippen LogP contribution in [-0.2, 0) is 19.0 Å². The third kappa shape index (κ3) is 4.54. The van der Waals surface area contributed by atoms with Gasteiger partial charge in [0.25, 0.3) is 5.69 Å². The summed E-state index contributed by atoms with van der Waals surface area (Å²) in [5, 5.41) is 29.1. The van der Waals surface area contributed by atoms with Gasteiger partial charge in [-0.25, -0.2) is 4.79 Å². The summed E-state index contributed by atoms with van der Waals surface area (Å²) in [5.74, 6) is 0.400. The Labute approximate surface area is 142 Å². The smallest absolute Gasteiger partial charge is 0.373 e. The molecule has 0 aliphatic heterocycles. The minimum absolute atomic E-state index is 0.0146. The standard InChI is InChI=1S/C16H15NO6S/c18-8-11-6-13(15(17(21)22)7-12(11)9-19)10-24-16(20)23-14-4-2-1-3-5-14/h1-7,18-19H,8-10H2. The predicted octanol–water partition coefficient (Wildman–Crippen LogP) is 3.01. The summed E-state index contributed by atoms with van der Waals surface area (Å²) in [6, 6.07) is 11.1. The number of aliphatic hydroxyl groups excluding tert-OH is 2. The number of para-hydroxylation sites is 1. The molecule has 7 nitrogen and oxygen atoms in total. The first-order chi connectivity index (χ1) is 11.5. The average molecular weight is 349 g/mol. The van der Waals surface area contributed by atoms with E-state index in [1.54, 1.807) is 30.3 Å². The third-order valence-corrected chi connectivity index (χ3v) is 4.00. The highest BCUT2D eigenvalue weighted by atomic mass is 32.2. The van der Waals surface area contributed by atoms with Crippen LogP contribution >= 0.6 is 11.8 Å². The summed E-state index contributed by atoms with van der Waals surface area (Å²) < 4.78 is 5.10. The zero-order valence-electron chi connectivity index (χ0n) is 12.5. The van der Waals surface area contributed by atoms with Crippen molar-refractivity contribution in [1.29, 1.82) is 0 Å². The maximum absolute atomic E-state index is 11.8. The van der Waals surface area contributed by atoms with Gasteiger partial charge in [-0.15, -0.1) is 0 Å². The number of benzene rings is 2. The number of nitro groups is 1. The Kier molecular flexibility index (Phi) is 6.30. The molecule has 0 heterocycles. The molecule has 0 spiro atoms. The second-order valence-corrected chi connectivity index (χ2v) is 5.69. The van der Waals surface area contributed by atoms with Crippen molar-refractivity contribution >= 4 is 22.8 Å². The van der Waals surface area contributed by atoms with Crippen LogP contribution in [0.3, 0.4) is 0 Å². The predicted molar refractivity (Wildman–Crippen MR) is 88.7 cm³/mol. The van der Waals surface area contributed by atoms with Crippen molar-refractivity contribution in [3.63, 3.8) is 0 Å². The van der Waals surface area contributed by atoms with E-state index >= 15 is 0 Å². The van der Waals surface area contributed by atoms with Crippen LogP contribution in [0.25, 0.3) is 0 Å². The van der Waals surface area contributed by atoms with Crippen LogP contribution in [0.1, 0.15) is 16.7 Å². The molecular formula is C16H15NO6S. The van der Waals surface area contributed by atoms with Crippen molar-refractivity contribution in [2.24, 2.45) is 0 Å². The lowest BCUT2D eigenvalue weighted by Gasteiger charge is -2.09. The largest absolute Gasteiger partial charge is 0.418 e. The van der Waals surface area contributed by atoms with Crippen molar-refractivity contribution in [3.05, 3.63) is 69.3 Å². The van der Waals surface area contributed by atoms with Crippen molar-refractivity contribution < 1.29 is 24.7 Å². The van der Waals surface area contributed by atoms with E-state index in [0.717, 1.165) is 11.8 Å². The van der Waals surface area contributed by atoms with Crippen LogP contribution in [0.2, 0.25) is 0 Å². The zero-order chi connectivity index (χ0) is 17.5. The summed E-state index contributed by atoms with van der Waals surface area (Å²) in [6.45, 7) is -0.778. The molecule has 8 heteroatoms. The van der Waals surface area contributed by atoms with Gasteiger partial charge in [0.1, 0.15) is 5.75 Å². The highest BCUT2D eigenvalue weighted by Crippen LogP contribution is 2.28. The molecule has 0 aliphatic carbocycles. The second-order valence-electron chi connectivity index (χ2n) is 4.78. The van der Waals surface area contributed by atoms with E-state index in [0.29, 0.717) is 11.3 Å². The molecule has 0 radical (unpaired) electrons. The van der Waals surface area contributed by atoms with E-state index in [1.165, 1.54) is 12.1 Å². The fourth-order valence-corrected chi connectivity index (χ4v) is 2.72. The van der Waals surface area contributed by atoms with Crippen LogP contribution in [0, 0.1) is 10.1 Å². The van der Waals surface area contributed by atoms with E-state index in [4.69, 9.17) is 4.74 Å². The average Bonchev–Trinajstić information content (AvgIpc) is 2.59. The van der Waals surface area contributed by atoms with Crippen molar-refractivity contribution in [1.82, 2.24) is 0 Å². The number of hydrogen-bond acceptors (Lipinski definition) is 7. The molecular weight excluding hydrogens is 334 g/mol. The molecule has 0 fully saturated rings. The van der Waals surface area contributed by atoms with E-state index in [2.05, 4.69) is 0 Å². The van der Waals surface area contributed by atoms with E-state index < -0.39 is 16.8 Å². The monoisotopic (exact) mass is 349 g/mol. The Bertz CT molecular complexity index is 735. The Balaban J connectivity index is 2.13. The third-order valence-electron chi connectivity index (χ3n) is 3.23. The molecule has 2 aromatic rings. The van der Waals surface area contributed by atoms with Gasteiger partial charge in [-0.3, -0.25) is 10.1 Å². The maximum Gasteiger partial charge on any atom is 0.373 e. The minimum Gasteiger partial charge on any atom is -0.418 e. The topological polar surface area (TPSA) is 110 Å². The zero-order valence-corrected chi connectivity index (χ0v) is 13.4. The number of hydrogen-bond donors (Lipinski definition) is 2. The maximum atomic E-state index is 11.8. The second kappa shape index (κ2) is 8.44. The molecule has 0 bridgehead atoms. The fourth-order valence-electron chi connectivity index (χ4n) is 2.06. The first-order valence-corrected chi connectivity index (χ1v) is 7.94. The molecule has 2 rings (SSSR count). The van der Waals surface area contributed by atoms with Gasteiger partial charge >= 0.3 is 5.30 Å². The van der Waals surface area contributed by atoms with Gasteiger partial charge in [0, 0.05) is 17.4 Å². The number of carbonyl (C=O) groups is 1. The van der Waals surface area contributed by atoms with Gasteiger partial charge < -0.3 is 14.9 Å². The number of rotatable bonds is 6. The quantitative estimate of drug-likeness (QED) is 0.468. The number of thioether (sulfide) groups is 1. The molecule has 24 heavy (non-hydrogen) atoms. The first-order valence-electron chi connectivity index (χ1n) is 6.95. The van der Waals surface area contributed by atoms with Crippen LogP contribution in [-0.4, -0.2) is 20.4 Å². The number of ether oxygens (including phenoxy) is 1. The Morgan fingerprint density at radius 3 is 2.29 bits per heavy atom. The number of carbonyl (C=O) groups excluding carboxylic acids is 1. The summed E-state index contributed by atoms with van der Waals surface area (Å²) in [6.07, 6.45) is 0. The first kappa shape index (κ1) is 17.9. The molecule has 2 aromatic carbocycles. The van der Waals surface area contributed by atoms with E-state index in [9.17, 15) is 25.1 Å². The molecule has 0 amide bonds. The lowest BCUT2D eigenvalue weighted by molar-refractivity contribution is -0.385. The highest BCUT2D eigenvalue weighted by Gasteiger charge is 2.19. The van der Waals surface area contributed by atoms with Gasteiger partial charge in [0.2, 0.25) is 0 Å². The Morgan fingerprint density at radius 1 is 1.08 bits per heavy atom. The van der Waals surface area contributed by atoms with Gasteiger partial charge in [-0.2, -0.15) is 0 Å². The van der Waals surface area contributed by atoms with Crippen LogP contribution in [0.15, 0.2) is 42.5 Å².